The summed E-state index contributed by atoms with van der Waals surface area (Å²) in [6, 6.07) is 7.38. The Balaban J connectivity index is 2.76. The second kappa shape index (κ2) is 6.87. The van der Waals surface area contributed by atoms with Crippen molar-refractivity contribution in [2.24, 2.45) is 11.1 Å². The average molecular weight is 299 g/mol. The van der Waals surface area contributed by atoms with Gasteiger partial charge in [0.1, 0.15) is 0 Å². The number of halogens is 1. The van der Waals surface area contributed by atoms with Crippen molar-refractivity contribution >= 4 is 34.7 Å². The van der Waals surface area contributed by atoms with Crippen molar-refractivity contribution in [3.05, 3.63) is 34.9 Å². The van der Waals surface area contributed by atoms with Crippen LogP contribution in [0.15, 0.2) is 24.3 Å². The topological polar surface area (TPSA) is 55.1 Å². The van der Waals surface area contributed by atoms with E-state index in [2.05, 4.69) is 5.32 Å². The van der Waals surface area contributed by atoms with Crippen LogP contribution in [0, 0.1) is 5.41 Å². The Hall–Kier alpha value is -1.13. The number of amides is 1. The Labute approximate surface area is 124 Å². The van der Waals surface area contributed by atoms with Crippen molar-refractivity contribution in [1.82, 2.24) is 5.32 Å². The van der Waals surface area contributed by atoms with Gasteiger partial charge in [-0.3, -0.25) is 4.79 Å². The summed E-state index contributed by atoms with van der Waals surface area (Å²) in [5.41, 5.74) is 5.93. The van der Waals surface area contributed by atoms with Crippen LogP contribution >= 0.6 is 23.8 Å². The first-order chi connectivity index (χ1) is 8.96. The van der Waals surface area contributed by atoms with Crippen LogP contribution in [-0.4, -0.2) is 10.9 Å². The second-order valence-electron chi connectivity index (χ2n) is 4.47. The fourth-order valence-corrected chi connectivity index (χ4v) is 2.62. The molecule has 0 spiro atoms. The first-order valence-corrected chi connectivity index (χ1v) is 7.07. The van der Waals surface area contributed by atoms with Gasteiger partial charge >= 0.3 is 0 Å². The Morgan fingerprint density at radius 2 is 2.05 bits per heavy atom. The SMILES string of the molecule is CCC(CC)(C(=O)NCc1cccc(Cl)c1)C(N)=S. The maximum Gasteiger partial charge on any atom is 0.233 e. The van der Waals surface area contributed by atoms with Crippen molar-refractivity contribution in [3.8, 4) is 0 Å². The molecule has 0 radical (unpaired) electrons. The average Bonchev–Trinajstić information content (AvgIpc) is 2.38. The molecule has 0 unspecified atom stereocenters. The lowest BCUT2D eigenvalue weighted by atomic mass is 9.81. The standard InChI is InChI=1S/C14H19ClN2OS/c1-3-14(4-2,12(16)19)13(18)17-9-10-6-5-7-11(15)8-10/h5-8H,3-4,9H2,1-2H3,(H2,16,19)(H,17,18). The predicted molar refractivity (Wildman–Crippen MR) is 83.1 cm³/mol. The molecule has 1 aromatic carbocycles. The Morgan fingerprint density at radius 3 is 2.53 bits per heavy atom. The molecule has 0 fully saturated rings. The van der Waals surface area contributed by atoms with Gasteiger partial charge in [-0.25, -0.2) is 0 Å². The number of carbonyl (C=O) groups excluding carboxylic acids is 1. The minimum absolute atomic E-state index is 0.120. The van der Waals surface area contributed by atoms with Gasteiger partial charge in [-0.05, 0) is 30.5 Å². The molecule has 0 aliphatic heterocycles. The maximum atomic E-state index is 12.3. The quantitative estimate of drug-likeness (QED) is 0.794. The van der Waals surface area contributed by atoms with E-state index < -0.39 is 5.41 Å². The fraction of sp³-hybridized carbons (Fsp3) is 0.429. The van der Waals surface area contributed by atoms with Crippen LogP contribution in [0.25, 0.3) is 0 Å². The molecule has 5 heteroatoms. The highest BCUT2D eigenvalue weighted by atomic mass is 35.5. The summed E-state index contributed by atoms with van der Waals surface area (Å²) in [6.45, 7) is 4.26. The van der Waals surface area contributed by atoms with Crippen LogP contribution in [0.1, 0.15) is 32.3 Å². The zero-order chi connectivity index (χ0) is 14.5. The number of hydrogen-bond acceptors (Lipinski definition) is 2. The molecule has 0 atom stereocenters. The summed E-state index contributed by atoms with van der Waals surface area (Å²) in [7, 11) is 0. The normalized spacial score (nSPS) is 11.1. The van der Waals surface area contributed by atoms with Crippen LogP contribution < -0.4 is 11.1 Å². The molecule has 0 aliphatic carbocycles. The Bertz CT molecular complexity index is 472. The smallest absolute Gasteiger partial charge is 0.233 e. The molecule has 0 saturated heterocycles. The molecule has 3 nitrogen and oxygen atoms in total. The molecular formula is C14H19ClN2OS. The minimum atomic E-state index is -0.756. The number of hydrogen-bond donors (Lipinski definition) is 2. The molecule has 1 aromatic rings. The van der Waals surface area contributed by atoms with Crippen LogP contribution in [-0.2, 0) is 11.3 Å². The predicted octanol–water partition coefficient (Wildman–Crippen LogP) is 3.05. The molecule has 0 bridgehead atoms. The van der Waals surface area contributed by atoms with Crippen LogP contribution in [0.3, 0.4) is 0 Å². The van der Waals surface area contributed by atoms with Crippen molar-refractivity contribution in [3.63, 3.8) is 0 Å². The summed E-state index contributed by atoms with van der Waals surface area (Å²) >= 11 is 11.0. The summed E-state index contributed by atoms with van der Waals surface area (Å²) in [5.74, 6) is -0.120. The second-order valence-corrected chi connectivity index (χ2v) is 5.34. The largest absolute Gasteiger partial charge is 0.392 e. The Kier molecular flexibility index (Phi) is 5.76. The van der Waals surface area contributed by atoms with E-state index in [0.717, 1.165) is 5.56 Å². The number of carbonyl (C=O) groups is 1. The summed E-state index contributed by atoms with van der Waals surface area (Å²) in [5, 5.41) is 3.54. The molecule has 1 rings (SSSR count). The summed E-state index contributed by atoms with van der Waals surface area (Å²) in [6.07, 6.45) is 1.19. The van der Waals surface area contributed by atoms with Crippen molar-refractivity contribution in [1.29, 1.82) is 0 Å². The van der Waals surface area contributed by atoms with Gasteiger partial charge in [-0.1, -0.05) is 49.8 Å². The summed E-state index contributed by atoms with van der Waals surface area (Å²) in [4.78, 5) is 12.6. The Morgan fingerprint density at radius 1 is 1.42 bits per heavy atom. The zero-order valence-electron chi connectivity index (χ0n) is 11.2. The van der Waals surface area contributed by atoms with Gasteiger partial charge in [0, 0.05) is 11.6 Å². The molecule has 0 aromatic heterocycles. The highest BCUT2D eigenvalue weighted by molar-refractivity contribution is 7.80. The van der Waals surface area contributed by atoms with E-state index in [4.69, 9.17) is 29.6 Å². The number of nitrogens with two attached hydrogens (primary N) is 1. The molecule has 0 saturated carbocycles. The molecular weight excluding hydrogens is 280 g/mol. The third kappa shape index (κ3) is 3.67. The molecule has 19 heavy (non-hydrogen) atoms. The van der Waals surface area contributed by atoms with E-state index in [9.17, 15) is 4.79 Å². The van der Waals surface area contributed by atoms with Crippen LogP contribution in [0.4, 0.5) is 0 Å². The third-order valence-corrected chi connectivity index (χ3v) is 4.08. The third-order valence-electron chi connectivity index (χ3n) is 3.46. The number of benzene rings is 1. The fourth-order valence-electron chi connectivity index (χ4n) is 2.03. The summed E-state index contributed by atoms with van der Waals surface area (Å²) < 4.78 is 0. The van der Waals surface area contributed by atoms with Gasteiger partial charge in [-0.2, -0.15) is 0 Å². The first kappa shape index (κ1) is 15.9. The monoisotopic (exact) mass is 298 g/mol. The van der Waals surface area contributed by atoms with Gasteiger partial charge in [0.2, 0.25) is 5.91 Å². The highest BCUT2D eigenvalue weighted by Gasteiger charge is 2.37. The van der Waals surface area contributed by atoms with Gasteiger partial charge in [0.15, 0.2) is 0 Å². The van der Waals surface area contributed by atoms with Gasteiger partial charge in [0.05, 0.1) is 10.4 Å². The van der Waals surface area contributed by atoms with E-state index in [1.807, 2.05) is 32.0 Å². The van der Waals surface area contributed by atoms with Crippen LogP contribution in [0.2, 0.25) is 5.02 Å². The van der Waals surface area contributed by atoms with E-state index in [0.29, 0.717) is 24.4 Å². The van der Waals surface area contributed by atoms with Gasteiger partial charge in [-0.15, -0.1) is 0 Å². The molecule has 3 N–H and O–H groups in total. The van der Waals surface area contributed by atoms with E-state index >= 15 is 0 Å². The molecule has 1 amide bonds. The van der Waals surface area contributed by atoms with E-state index in [1.165, 1.54) is 0 Å². The van der Waals surface area contributed by atoms with E-state index in [-0.39, 0.29) is 10.9 Å². The zero-order valence-corrected chi connectivity index (χ0v) is 12.8. The van der Waals surface area contributed by atoms with Crippen molar-refractivity contribution < 1.29 is 4.79 Å². The lowest BCUT2D eigenvalue weighted by Crippen LogP contribution is -2.48. The van der Waals surface area contributed by atoms with E-state index in [1.54, 1.807) is 6.07 Å². The first-order valence-electron chi connectivity index (χ1n) is 6.29. The van der Waals surface area contributed by atoms with Crippen molar-refractivity contribution in [2.45, 2.75) is 33.2 Å². The van der Waals surface area contributed by atoms with Gasteiger partial charge < -0.3 is 11.1 Å². The number of nitrogens with one attached hydrogen (secondary N) is 1. The van der Waals surface area contributed by atoms with Gasteiger partial charge in [0.25, 0.3) is 0 Å². The molecule has 0 aliphatic rings. The molecule has 0 heterocycles. The van der Waals surface area contributed by atoms with Crippen molar-refractivity contribution in [2.75, 3.05) is 0 Å². The lowest BCUT2D eigenvalue weighted by molar-refractivity contribution is -0.128. The highest BCUT2D eigenvalue weighted by Crippen LogP contribution is 2.27. The number of rotatable bonds is 6. The maximum absolute atomic E-state index is 12.3. The molecule has 104 valence electrons. The number of thiocarbonyl (C=S) groups is 1. The minimum Gasteiger partial charge on any atom is -0.392 e. The lowest BCUT2D eigenvalue weighted by Gasteiger charge is -2.28. The van der Waals surface area contributed by atoms with Crippen LogP contribution in [0.5, 0.6) is 0 Å².